The molecule has 1 atom stereocenters. The molecule has 1 heterocycles. The van der Waals surface area contributed by atoms with E-state index in [2.05, 4.69) is 23.9 Å². The minimum Gasteiger partial charge on any atom is -0.496 e. The first kappa shape index (κ1) is 16.2. The molecule has 1 aromatic rings. The quantitative estimate of drug-likeness (QED) is 0.850. The van der Waals surface area contributed by atoms with Gasteiger partial charge in [0, 0.05) is 18.2 Å². The first-order valence-electron chi connectivity index (χ1n) is 7.42. The highest BCUT2D eigenvalue weighted by Crippen LogP contribution is 2.26. The highest BCUT2D eigenvalue weighted by molar-refractivity contribution is 5.35. The molecule has 1 fully saturated rings. The van der Waals surface area contributed by atoms with Gasteiger partial charge in [-0.05, 0) is 58.6 Å². The Morgan fingerprint density at radius 2 is 2.00 bits per heavy atom. The Morgan fingerprint density at radius 1 is 1.24 bits per heavy atom. The predicted octanol–water partition coefficient (Wildman–Crippen LogP) is 2.89. The standard InChI is InChI=1S/C16H24F2N2O/c1-19(2)12-5-4-9-20(10-8-12)11-13-15(21-3)7-6-14(17)16(13)18/h6-7,12H,4-5,8-11H2,1-3H3/t12-/m0/s1. The summed E-state index contributed by atoms with van der Waals surface area (Å²) in [5, 5.41) is 0. The van der Waals surface area contributed by atoms with Crippen molar-refractivity contribution in [3.63, 3.8) is 0 Å². The second-order valence-corrected chi connectivity index (χ2v) is 5.87. The Hall–Kier alpha value is -1.20. The molecule has 118 valence electrons. The topological polar surface area (TPSA) is 15.7 Å². The van der Waals surface area contributed by atoms with Gasteiger partial charge in [-0.1, -0.05) is 0 Å². The van der Waals surface area contributed by atoms with Gasteiger partial charge in [-0.3, -0.25) is 4.90 Å². The fourth-order valence-electron chi connectivity index (χ4n) is 2.95. The summed E-state index contributed by atoms with van der Waals surface area (Å²) in [5.41, 5.74) is 0.320. The molecule has 1 saturated heterocycles. The van der Waals surface area contributed by atoms with Crippen molar-refractivity contribution >= 4 is 0 Å². The van der Waals surface area contributed by atoms with Crippen molar-refractivity contribution in [2.75, 3.05) is 34.3 Å². The lowest BCUT2D eigenvalue weighted by atomic mass is 10.1. The van der Waals surface area contributed by atoms with Crippen molar-refractivity contribution in [2.24, 2.45) is 0 Å². The Balaban J connectivity index is 2.10. The molecule has 1 aromatic carbocycles. The molecule has 5 heteroatoms. The van der Waals surface area contributed by atoms with Gasteiger partial charge in [0.1, 0.15) is 5.75 Å². The SMILES string of the molecule is COc1ccc(F)c(F)c1CN1CCC[C@H](N(C)C)CC1. The zero-order valence-corrected chi connectivity index (χ0v) is 13.0. The smallest absolute Gasteiger partial charge is 0.167 e. The molecular weight excluding hydrogens is 274 g/mol. The molecule has 0 radical (unpaired) electrons. The van der Waals surface area contributed by atoms with Gasteiger partial charge in [0.15, 0.2) is 11.6 Å². The van der Waals surface area contributed by atoms with Crippen molar-refractivity contribution in [2.45, 2.75) is 31.8 Å². The van der Waals surface area contributed by atoms with Crippen molar-refractivity contribution in [1.82, 2.24) is 9.80 Å². The van der Waals surface area contributed by atoms with Crippen molar-refractivity contribution in [1.29, 1.82) is 0 Å². The largest absolute Gasteiger partial charge is 0.496 e. The van der Waals surface area contributed by atoms with Gasteiger partial charge in [-0.15, -0.1) is 0 Å². The lowest BCUT2D eigenvalue weighted by Gasteiger charge is -2.24. The second kappa shape index (κ2) is 7.18. The highest BCUT2D eigenvalue weighted by Gasteiger charge is 2.21. The fraction of sp³-hybridized carbons (Fsp3) is 0.625. The third-order valence-corrected chi connectivity index (χ3v) is 4.28. The zero-order valence-electron chi connectivity index (χ0n) is 13.0. The first-order chi connectivity index (χ1) is 10.0. The van der Waals surface area contributed by atoms with Crippen LogP contribution in [-0.4, -0.2) is 50.1 Å². The molecule has 3 nitrogen and oxygen atoms in total. The second-order valence-electron chi connectivity index (χ2n) is 5.87. The monoisotopic (exact) mass is 298 g/mol. The van der Waals surface area contributed by atoms with E-state index in [-0.39, 0.29) is 0 Å². The summed E-state index contributed by atoms with van der Waals surface area (Å²) < 4.78 is 32.6. The summed E-state index contributed by atoms with van der Waals surface area (Å²) in [6.45, 7) is 2.19. The molecule has 0 N–H and O–H groups in total. The average Bonchev–Trinajstić information content (AvgIpc) is 2.70. The number of nitrogens with zero attached hydrogens (tertiary/aromatic N) is 2. The Morgan fingerprint density at radius 3 is 2.67 bits per heavy atom. The number of benzene rings is 1. The third kappa shape index (κ3) is 3.92. The number of ether oxygens (including phenoxy) is 1. The normalized spacial score (nSPS) is 20.6. The fourth-order valence-corrected chi connectivity index (χ4v) is 2.95. The van der Waals surface area contributed by atoms with Crippen LogP contribution in [0.5, 0.6) is 5.75 Å². The van der Waals surface area contributed by atoms with E-state index in [1.807, 2.05) is 0 Å². The van der Waals surface area contributed by atoms with Crippen LogP contribution in [0.2, 0.25) is 0 Å². The van der Waals surface area contributed by atoms with E-state index in [1.165, 1.54) is 13.2 Å². The van der Waals surface area contributed by atoms with Crippen LogP contribution in [0.25, 0.3) is 0 Å². The summed E-state index contributed by atoms with van der Waals surface area (Å²) in [5.74, 6) is -1.18. The molecule has 0 bridgehead atoms. The van der Waals surface area contributed by atoms with E-state index in [4.69, 9.17) is 4.74 Å². The molecule has 21 heavy (non-hydrogen) atoms. The van der Waals surface area contributed by atoms with Crippen molar-refractivity contribution in [3.8, 4) is 5.75 Å². The number of likely N-dealkylation sites (tertiary alicyclic amines) is 1. The number of methoxy groups -OCH3 is 1. The maximum absolute atomic E-state index is 14.0. The van der Waals surface area contributed by atoms with Crippen LogP contribution in [0.4, 0.5) is 8.78 Å². The third-order valence-electron chi connectivity index (χ3n) is 4.28. The predicted molar refractivity (Wildman–Crippen MR) is 79.5 cm³/mol. The lowest BCUT2D eigenvalue weighted by Crippen LogP contribution is -2.30. The van der Waals surface area contributed by atoms with Crippen LogP contribution >= 0.6 is 0 Å². The van der Waals surface area contributed by atoms with Crippen LogP contribution in [0.3, 0.4) is 0 Å². The average molecular weight is 298 g/mol. The molecule has 2 rings (SSSR count). The lowest BCUT2D eigenvalue weighted by molar-refractivity contribution is 0.240. The summed E-state index contributed by atoms with van der Waals surface area (Å²) in [7, 11) is 5.67. The van der Waals surface area contributed by atoms with E-state index in [9.17, 15) is 8.78 Å². The minimum atomic E-state index is -0.813. The van der Waals surface area contributed by atoms with Gasteiger partial charge < -0.3 is 9.64 Å². The van der Waals surface area contributed by atoms with Crippen LogP contribution in [0.15, 0.2) is 12.1 Å². The van der Waals surface area contributed by atoms with E-state index in [1.54, 1.807) is 0 Å². The summed E-state index contributed by atoms with van der Waals surface area (Å²) in [4.78, 5) is 4.43. The maximum atomic E-state index is 14.0. The summed E-state index contributed by atoms with van der Waals surface area (Å²) in [6.07, 6.45) is 3.26. The number of hydrogen-bond donors (Lipinski definition) is 0. The molecule has 1 aliphatic heterocycles. The molecule has 0 amide bonds. The van der Waals surface area contributed by atoms with Gasteiger partial charge >= 0.3 is 0 Å². The first-order valence-corrected chi connectivity index (χ1v) is 7.42. The van der Waals surface area contributed by atoms with E-state index in [0.29, 0.717) is 23.9 Å². The molecule has 1 aliphatic rings. The molecule has 0 unspecified atom stereocenters. The Labute approximate surface area is 125 Å². The van der Waals surface area contributed by atoms with E-state index in [0.717, 1.165) is 38.4 Å². The van der Waals surface area contributed by atoms with Crippen LogP contribution in [-0.2, 0) is 6.54 Å². The van der Waals surface area contributed by atoms with Crippen molar-refractivity contribution < 1.29 is 13.5 Å². The molecular formula is C16H24F2N2O. The number of rotatable bonds is 4. The summed E-state index contributed by atoms with van der Waals surface area (Å²) in [6, 6.07) is 3.17. The van der Waals surface area contributed by atoms with Crippen LogP contribution < -0.4 is 4.74 Å². The Kier molecular flexibility index (Phi) is 5.53. The van der Waals surface area contributed by atoms with Gasteiger partial charge in [0.25, 0.3) is 0 Å². The van der Waals surface area contributed by atoms with Crippen LogP contribution in [0.1, 0.15) is 24.8 Å². The van der Waals surface area contributed by atoms with Gasteiger partial charge in [-0.25, -0.2) is 8.78 Å². The molecule has 0 saturated carbocycles. The van der Waals surface area contributed by atoms with Gasteiger partial charge in [-0.2, -0.15) is 0 Å². The van der Waals surface area contributed by atoms with Crippen LogP contribution in [0, 0.1) is 11.6 Å². The van der Waals surface area contributed by atoms with Crippen molar-refractivity contribution in [3.05, 3.63) is 29.3 Å². The number of halogens is 2. The summed E-state index contributed by atoms with van der Waals surface area (Å²) >= 11 is 0. The minimum absolute atomic E-state index is 0.320. The van der Waals surface area contributed by atoms with Gasteiger partial charge in [0.05, 0.1) is 7.11 Å². The molecule has 0 spiro atoms. The Bertz CT molecular complexity index is 480. The van der Waals surface area contributed by atoms with Gasteiger partial charge in [0.2, 0.25) is 0 Å². The molecule has 0 aliphatic carbocycles. The maximum Gasteiger partial charge on any atom is 0.167 e. The number of hydrogen-bond acceptors (Lipinski definition) is 3. The zero-order chi connectivity index (χ0) is 15.4. The van der Waals surface area contributed by atoms with E-state index < -0.39 is 11.6 Å². The molecule has 0 aromatic heterocycles. The highest BCUT2D eigenvalue weighted by atomic mass is 19.2. The van der Waals surface area contributed by atoms with E-state index >= 15 is 0 Å².